The van der Waals surface area contributed by atoms with Gasteiger partial charge in [-0.05, 0) is 38.1 Å². The Morgan fingerprint density at radius 2 is 1.91 bits per heavy atom. The van der Waals surface area contributed by atoms with Crippen molar-refractivity contribution in [1.82, 2.24) is 10.1 Å². The Hall–Kier alpha value is -1.85. The SMILES string of the molecule is CC1CN(C(=O)Cc2cc(-c3ccc(Cl)cc3)on2)CC(C)O1. The van der Waals surface area contributed by atoms with E-state index in [-0.39, 0.29) is 24.5 Å². The Morgan fingerprint density at radius 3 is 2.57 bits per heavy atom. The molecule has 1 aliphatic rings. The third-order valence-electron chi connectivity index (χ3n) is 3.79. The van der Waals surface area contributed by atoms with Gasteiger partial charge in [-0.15, -0.1) is 0 Å². The normalized spacial score (nSPS) is 21.4. The molecule has 2 unspecified atom stereocenters. The maximum atomic E-state index is 12.4. The van der Waals surface area contributed by atoms with Gasteiger partial charge in [0.15, 0.2) is 5.76 Å². The summed E-state index contributed by atoms with van der Waals surface area (Å²) in [4.78, 5) is 14.2. The molecule has 2 aromatic rings. The van der Waals surface area contributed by atoms with Crippen molar-refractivity contribution in [3.05, 3.63) is 41.0 Å². The maximum Gasteiger partial charge on any atom is 0.228 e. The number of ether oxygens (including phenoxy) is 1. The fraction of sp³-hybridized carbons (Fsp3) is 0.412. The summed E-state index contributed by atoms with van der Waals surface area (Å²) in [7, 11) is 0. The summed E-state index contributed by atoms with van der Waals surface area (Å²) in [5.41, 5.74) is 1.51. The van der Waals surface area contributed by atoms with Crippen molar-refractivity contribution in [1.29, 1.82) is 0 Å². The second kappa shape index (κ2) is 6.72. The largest absolute Gasteiger partial charge is 0.372 e. The second-order valence-electron chi connectivity index (χ2n) is 5.92. The first-order valence-corrected chi connectivity index (χ1v) is 8.04. The zero-order valence-electron chi connectivity index (χ0n) is 13.2. The van der Waals surface area contributed by atoms with Gasteiger partial charge in [-0.25, -0.2) is 0 Å². The molecule has 1 aromatic carbocycles. The number of aromatic nitrogens is 1. The summed E-state index contributed by atoms with van der Waals surface area (Å²) >= 11 is 5.88. The molecule has 0 radical (unpaired) electrons. The average molecular weight is 335 g/mol. The Kier molecular flexibility index (Phi) is 4.68. The Balaban J connectivity index is 1.66. The molecule has 1 amide bonds. The number of rotatable bonds is 3. The van der Waals surface area contributed by atoms with E-state index in [4.69, 9.17) is 20.9 Å². The van der Waals surface area contributed by atoms with Crippen LogP contribution < -0.4 is 0 Å². The lowest BCUT2D eigenvalue weighted by Crippen LogP contribution is -2.48. The molecule has 0 aliphatic carbocycles. The molecular formula is C17H19ClN2O3. The molecule has 2 atom stereocenters. The van der Waals surface area contributed by atoms with E-state index in [1.54, 1.807) is 18.2 Å². The van der Waals surface area contributed by atoms with E-state index in [1.807, 2.05) is 30.9 Å². The van der Waals surface area contributed by atoms with E-state index in [2.05, 4.69) is 5.16 Å². The molecule has 2 heterocycles. The molecule has 1 aromatic heterocycles. The molecule has 0 N–H and O–H groups in total. The number of benzene rings is 1. The molecule has 0 bridgehead atoms. The quantitative estimate of drug-likeness (QED) is 0.865. The van der Waals surface area contributed by atoms with E-state index >= 15 is 0 Å². The summed E-state index contributed by atoms with van der Waals surface area (Å²) < 4.78 is 11.0. The van der Waals surface area contributed by atoms with Gasteiger partial charge in [0.2, 0.25) is 5.91 Å². The zero-order valence-corrected chi connectivity index (χ0v) is 13.9. The number of halogens is 1. The lowest BCUT2D eigenvalue weighted by atomic mass is 10.1. The molecule has 1 saturated heterocycles. The maximum absolute atomic E-state index is 12.4. The van der Waals surface area contributed by atoms with E-state index in [0.29, 0.717) is 29.6 Å². The number of hydrogen-bond donors (Lipinski definition) is 0. The predicted octanol–water partition coefficient (Wildman–Crippen LogP) is 3.17. The van der Waals surface area contributed by atoms with Crippen LogP contribution in [0.3, 0.4) is 0 Å². The van der Waals surface area contributed by atoms with Crippen LogP contribution in [0.1, 0.15) is 19.5 Å². The minimum atomic E-state index is 0.0444. The second-order valence-corrected chi connectivity index (χ2v) is 6.36. The van der Waals surface area contributed by atoms with E-state index < -0.39 is 0 Å². The van der Waals surface area contributed by atoms with E-state index in [1.165, 1.54) is 0 Å². The van der Waals surface area contributed by atoms with Gasteiger partial charge in [0, 0.05) is 29.7 Å². The van der Waals surface area contributed by atoms with Gasteiger partial charge in [-0.3, -0.25) is 4.79 Å². The van der Waals surface area contributed by atoms with Gasteiger partial charge in [0.25, 0.3) is 0 Å². The van der Waals surface area contributed by atoms with Crippen molar-refractivity contribution in [2.75, 3.05) is 13.1 Å². The topological polar surface area (TPSA) is 55.6 Å². The van der Waals surface area contributed by atoms with Gasteiger partial charge in [-0.2, -0.15) is 0 Å². The van der Waals surface area contributed by atoms with Crippen molar-refractivity contribution < 1.29 is 14.1 Å². The van der Waals surface area contributed by atoms with Crippen molar-refractivity contribution in [2.24, 2.45) is 0 Å². The molecule has 122 valence electrons. The van der Waals surface area contributed by atoms with Crippen LogP contribution in [0.4, 0.5) is 0 Å². The summed E-state index contributed by atoms with van der Waals surface area (Å²) in [6.07, 6.45) is 0.352. The molecular weight excluding hydrogens is 316 g/mol. The highest BCUT2D eigenvalue weighted by molar-refractivity contribution is 6.30. The van der Waals surface area contributed by atoms with E-state index in [9.17, 15) is 4.79 Å². The highest BCUT2D eigenvalue weighted by atomic mass is 35.5. The first-order chi connectivity index (χ1) is 11.0. The molecule has 1 fully saturated rings. The Labute approximate surface area is 140 Å². The summed E-state index contributed by atoms with van der Waals surface area (Å²) in [6, 6.07) is 9.11. The number of amides is 1. The molecule has 5 nitrogen and oxygen atoms in total. The number of hydrogen-bond acceptors (Lipinski definition) is 4. The fourth-order valence-electron chi connectivity index (χ4n) is 2.79. The fourth-order valence-corrected chi connectivity index (χ4v) is 2.92. The molecule has 3 rings (SSSR count). The van der Waals surface area contributed by atoms with Crippen LogP contribution >= 0.6 is 11.6 Å². The van der Waals surface area contributed by atoms with Crippen LogP contribution in [-0.4, -0.2) is 41.3 Å². The monoisotopic (exact) mass is 334 g/mol. The van der Waals surface area contributed by atoms with Crippen LogP contribution in [-0.2, 0) is 16.0 Å². The van der Waals surface area contributed by atoms with Crippen molar-refractivity contribution in [2.45, 2.75) is 32.5 Å². The van der Waals surface area contributed by atoms with Crippen molar-refractivity contribution in [3.8, 4) is 11.3 Å². The summed E-state index contributed by atoms with van der Waals surface area (Å²) in [5, 5.41) is 4.67. The number of carbonyl (C=O) groups excluding carboxylic acids is 1. The first-order valence-electron chi connectivity index (χ1n) is 7.66. The predicted molar refractivity (Wildman–Crippen MR) is 87.2 cm³/mol. The highest BCUT2D eigenvalue weighted by Gasteiger charge is 2.26. The number of morpholine rings is 1. The molecule has 0 saturated carbocycles. The molecule has 23 heavy (non-hydrogen) atoms. The van der Waals surface area contributed by atoms with Gasteiger partial charge in [-0.1, -0.05) is 16.8 Å². The van der Waals surface area contributed by atoms with Gasteiger partial charge in [0.05, 0.1) is 24.3 Å². The van der Waals surface area contributed by atoms with Crippen LogP contribution in [0.25, 0.3) is 11.3 Å². The van der Waals surface area contributed by atoms with Crippen molar-refractivity contribution >= 4 is 17.5 Å². The van der Waals surface area contributed by atoms with E-state index in [0.717, 1.165) is 5.56 Å². The first kappa shape index (κ1) is 16.0. The minimum Gasteiger partial charge on any atom is -0.372 e. The highest BCUT2D eigenvalue weighted by Crippen LogP contribution is 2.23. The number of carbonyl (C=O) groups is 1. The Bertz CT molecular complexity index is 673. The van der Waals surface area contributed by atoms with Crippen LogP contribution in [0, 0.1) is 0 Å². The zero-order chi connectivity index (χ0) is 16.4. The van der Waals surface area contributed by atoms with Crippen LogP contribution in [0.5, 0.6) is 0 Å². The third-order valence-corrected chi connectivity index (χ3v) is 4.04. The van der Waals surface area contributed by atoms with Crippen LogP contribution in [0.2, 0.25) is 5.02 Å². The smallest absolute Gasteiger partial charge is 0.228 e. The third kappa shape index (κ3) is 3.92. The minimum absolute atomic E-state index is 0.0444. The molecule has 1 aliphatic heterocycles. The Morgan fingerprint density at radius 1 is 1.26 bits per heavy atom. The lowest BCUT2D eigenvalue weighted by molar-refractivity contribution is -0.142. The van der Waals surface area contributed by atoms with Gasteiger partial charge < -0.3 is 14.2 Å². The standard InChI is InChI=1S/C17H19ClN2O3/c1-11-9-20(10-12(2)22-11)17(21)8-15-7-16(23-19-15)13-3-5-14(18)6-4-13/h3-7,11-12H,8-10H2,1-2H3. The van der Waals surface area contributed by atoms with Crippen molar-refractivity contribution in [3.63, 3.8) is 0 Å². The summed E-state index contributed by atoms with van der Waals surface area (Å²) in [6.45, 7) is 5.19. The molecule has 6 heteroatoms. The average Bonchev–Trinajstić information content (AvgIpc) is 2.95. The lowest BCUT2D eigenvalue weighted by Gasteiger charge is -2.35. The molecule has 0 spiro atoms. The summed E-state index contributed by atoms with van der Waals surface area (Å²) in [5.74, 6) is 0.677. The van der Waals surface area contributed by atoms with Gasteiger partial charge >= 0.3 is 0 Å². The van der Waals surface area contributed by atoms with Gasteiger partial charge in [0.1, 0.15) is 0 Å². The van der Waals surface area contributed by atoms with Crippen LogP contribution in [0.15, 0.2) is 34.9 Å². The number of nitrogens with zero attached hydrogens (tertiary/aromatic N) is 2.